The number of carboxylic acid groups (broad SMARTS) is 1. The second-order valence-corrected chi connectivity index (χ2v) is 6.31. The van der Waals surface area contributed by atoms with E-state index in [4.69, 9.17) is 15.6 Å². The fraction of sp³-hybridized carbons (Fsp3) is 0.500. The monoisotopic (exact) mass is 351 g/mol. The van der Waals surface area contributed by atoms with Crippen LogP contribution in [0, 0.1) is 0 Å². The molecular formula is C14H21N7O2S. The highest BCUT2D eigenvalue weighted by Crippen LogP contribution is 2.29. The molecule has 130 valence electrons. The summed E-state index contributed by atoms with van der Waals surface area (Å²) in [5.41, 5.74) is 5.66. The molecule has 0 aliphatic carbocycles. The van der Waals surface area contributed by atoms with Crippen molar-refractivity contribution in [3.8, 4) is 0 Å². The van der Waals surface area contributed by atoms with E-state index in [1.54, 1.807) is 6.07 Å². The highest BCUT2D eigenvalue weighted by Gasteiger charge is 2.22. The first-order valence-electron chi connectivity index (χ1n) is 7.52. The smallest absolute Gasteiger partial charge is 0.300 e. The number of nitrogens with two attached hydrogens (primary N) is 1. The fourth-order valence-electron chi connectivity index (χ4n) is 2.35. The Morgan fingerprint density at radius 3 is 2.67 bits per heavy atom. The van der Waals surface area contributed by atoms with Gasteiger partial charge in [-0.2, -0.15) is 0 Å². The molecular weight excluding hydrogens is 330 g/mol. The Morgan fingerprint density at radius 2 is 2.04 bits per heavy atom. The second kappa shape index (κ2) is 8.60. The molecule has 0 spiro atoms. The predicted molar refractivity (Wildman–Crippen MR) is 89.7 cm³/mol. The van der Waals surface area contributed by atoms with Crippen LogP contribution in [-0.2, 0) is 11.8 Å². The standard InChI is InChI=1S/C12H17N7S.C2H4O2/c1-19-11(8-2-4-14-5-3-8)17-18-12(19)20-10-6-9(13)15-7-16-10;1-2(3)4/h6-8,14H,2-5H2,1H3,(H2,13,15,16);1H3,(H,3,4). The molecule has 0 bridgehead atoms. The third-order valence-electron chi connectivity index (χ3n) is 3.43. The van der Waals surface area contributed by atoms with Crippen LogP contribution in [0.2, 0.25) is 0 Å². The Hall–Kier alpha value is -2.20. The normalized spacial score (nSPS) is 14.8. The maximum Gasteiger partial charge on any atom is 0.300 e. The van der Waals surface area contributed by atoms with Gasteiger partial charge in [0, 0.05) is 26.0 Å². The highest BCUT2D eigenvalue weighted by atomic mass is 32.2. The Labute approximate surface area is 144 Å². The number of aromatic nitrogens is 5. The number of anilines is 1. The van der Waals surface area contributed by atoms with Gasteiger partial charge in [0.2, 0.25) is 0 Å². The number of nitrogens with one attached hydrogen (secondary N) is 1. The van der Waals surface area contributed by atoms with Crippen LogP contribution in [0.5, 0.6) is 0 Å². The summed E-state index contributed by atoms with van der Waals surface area (Å²) in [6.45, 7) is 3.17. The summed E-state index contributed by atoms with van der Waals surface area (Å²) in [4.78, 5) is 17.1. The number of carbonyl (C=O) groups is 1. The molecule has 1 aliphatic rings. The molecule has 24 heavy (non-hydrogen) atoms. The summed E-state index contributed by atoms with van der Waals surface area (Å²) >= 11 is 1.46. The molecule has 2 aromatic rings. The molecule has 1 fully saturated rings. The number of hydrogen-bond donors (Lipinski definition) is 3. The minimum absolute atomic E-state index is 0.461. The van der Waals surface area contributed by atoms with Crippen molar-refractivity contribution in [3.63, 3.8) is 0 Å². The van der Waals surface area contributed by atoms with Crippen molar-refractivity contribution in [3.05, 3.63) is 18.2 Å². The summed E-state index contributed by atoms with van der Waals surface area (Å²) in [6, 6.07) is 1.74. The maximum atomic E-state index is 9.00. The van der Waals surface area contributed by atoms with Crippen LogP contribution >= 0.6 is 11.8 Å². The van der Waals surface area contributed by atoms with Gasteiger partial charge in [0.1, 0.15) is 23.0 Å². The molecule has 4 N–H and O–H groups in total. The summed E-state index contributed by atoms with van der Waals surface area (Å²) in [7, 11) is 2.00. The number of nitrogen functional groups attached to an aromatic ring is 1. The van der Waals surface area contributed by atoms with Crippen molar-refractivity contribution in [1.82, 2.24) is 30.0 Å². The van der Waals surface area contributed by atoms with Crippen molar-refractivity contribution in [2.24, 2.45) is 7.05 Å². The average Bonchev–Trinajstić information content (AvgIpc) is 2.89. The fourth-order valence-corrected chi connectivity index (χ4v) is 3.13. The SMILES string of the molecule is CC(=O)O.Cn1c(Sc2cc(N)ncn2)nnc1C1CCNCC1. The van der Waals surface area contributed by atoms with E-state index in [0.29, 0.717) is 11.7 Å². The van der Waals surface area contributed by atoms with Crippen LogP contribution in [0.3, 0.4) is 0 Å². The first-order valence-corrected chi connectivity index (χ1v) is 8.34. The van der Waals surface area contributed by atoms with E-state index in [9.17, 15) is 0 Å². The van der Waals surface area contributed by atoms with E-state index in [1.807, 2.05) is 7.05 Å². The summed E-state index contributed by atoms with van der Waals surface area (Å²) in [6.07, 6.45) is 3.68. The molecule has 0 amide bonds. The zero-order valence-corrected chi connectivity index (χ0v) is 14.5. The molecule has 3 heterocycles. The molecule has 2 aromatic heterocycles. The number of hydrogen-bond acceptors (Lipinski definition) is 8. The Kier molecular flexibility index (Phi) is 6.50. The average molecular weight is 351 g/mol. The van der Waals surface area contributed by atoms with Gasteiger partial charge in [0.15, 0.2) is 5.16 Å². The molecule has 1 saturated heterocycles. The van der Waals surface area contributed by atoms with E-state index in [2.05, 4.69) is 30.0 Å². The van der Waals surface area contributed by atoms with Crippen molar-refractivity contribution in [1.29, 1.82) is 0 Å². The van der Waals surface area contributed by atoms with Gasteiger partial charge < -0.3 is 20.7 Å². The Bertz CT molecular complexity index is 682. The van der Waals surface area contributed by atoms with Gasteiger partial charge in [-0.15, -0.1) is 10.2 Å². The lowest BCUT2D eigenvalue weighted by molar-refractivity contribution is -0.134. The van der Waals surface area contributed by atoms with E-state index in [0.717, 1.165) is 48.9 Å². The lowest BCUT2D eigenvalue weighted by Crippen LogP contribution is -2.27. The van der Waals surface area contributed by atoms with Crippen LogP contribution in [0.25, 0.3) is 0 Å². The van der Waals surface area contributed by atoms with Gasteiger partial charge in [-0.1, -0.05) is 0 Å². The summed E-state index contributed by atoms with van der Waals surface area (Å²) in [5, 5.41) is 21.0. The van der Waals surface area contributed by atoms with Crippen molar-refractivity contribution >= 4 is 23.5 Å². The number of rotatable bonds is 3. The number of aliphatic carboxylic acids is 1. The van der Waals surface area contributed by atoms with Crippen molar-refractivity contribution in [2.45, 2.75) is 35.9 Å². The Morgan fingerprint density at radius 1 is 1.38 bits per heavy atom. The third kappa shape index (κ3) is 5.17. The zero-order valence-electron chi connectivity index (χ0n) is 13.6. The number of nitrogens with zero attached hydrogens (tertiary/aromatic N) is 5. The third-order valence-corrected chi connectivity index (χ3v) is 4.40. The summed E-state index contributed by atoms with van der Waals surface area (Å²) in [5.74, 6) is 1.16. The molecule has 0 radical (unpaired) electrons. The van der Waals surface area contributed by atoms with Gasteiger partial charge >= 0.3 is 0 Å². The zero-order chi connectivity index (χ0) is 17.5. The first kappa shape index (κ1) is 18.1. The van der Waals surface area contributed by atoms with Crippen LogP contribution in [-0.4, -0.2) is 48.9 Å². The lowest BCUT2D eigenvalue weighted by atomic mass is 9.97. The largest absolute Gasteiger partial charge is 0.481 e. The van der Waals surface area contributed by atoms with Crippen LogP contribution in [0.4, 0.5) is 5.82 Å². The molecule has 0 unspecified atom stereocenters. The molecule has 9 nitrogen and oxygen atoms in total. The molecule has 0 aromatic carbocycles. The second-order valence-electron chi connectivity index (χ2n) is 5.33. The molecule has 3 rings (SSSR count). The maximum absolute atomic E-state index is 9.00. The van der Waals surface area contributed by atoms with E-state index < -0.39 is 5.97 Å². The van der Waals surface area contributed by atoms with E-state index in [-0.39, 0.29) is 0 Å². The van der Waals surface area contributed by atoms with Gasteiger partial charge in [-0.3, -0.25) is 4.79 Å². The van der Waals surface area contributed by atoms with Crippen LogP contribution in [0.15, 0.2) is 22.6 Å². The summed E-state index contributed by atoms with van der Waals surface area (Å²) < 4.78 is 2.05. The van der Waals surface area contributed by atoms with Crippen molar-refractivity contribution < 1.29 is 9.90 Å². The van der Waals surface area contributed by atoms with Crippen molar-refractivity contribution in [2.75, 3.05) is 18.8 Å². The van der Waals surface area contributed by atoms with Crippen LogP contribution < -0.4 is 11.1 Å². The van der Waals surface area contributed by atoms with E-state index in [1.165, 1.54) is 18.1 Å². The molecule has 0 atom stereocenters. The Balaban J connectivity index is 0.000000471. The minimum Gasteiger partial charge on any atom is -0.481 e. The lowest BCUT2D eigenvalue weighted by Gasteiger charge is -2.21. The first-order chi connectivity index (χ1) is 11.5. The molecule has 1 aliphatic heterocycles. The van der Waals surface area contributed by atoms with Crippen LogP contribution in [0.1, 0.15) is 31.5 Å². The quantitative estimate of drug-likeness (QED) is 0.690. The number of carboxylic acids is 1. The van der Waals surface area contributed by atoms with Gasteiger partial charge in [-0.25, -0.2) is 9.97 Å². The molecule has 10 heteroatoms. The predicted octanol–water partition coefficient (Wildman–Crippen LogP) is 0.896. The highest BCUT2D eigenvalue weighted by molar-refractivity contribution is 7.99. The van der Waals surface area contributed by atoms with E-state index >= 15 is 0 Å². The number of piperidine rings is 1. The van der Waals surface area contributed by atoms with Gasteiger partial charge in [0.25, 0.3) is 5.97 Å². The molecule has 0 saturated carbocycles. The van der Waals surface area contributed by atoms with Gasteiger partial charge in [0.05, 0.1) is 0 Å². The van der Waals surface area contributed by atoms with Gasteiger partial charge in [-0.05, 0) is 37.7 Å². The minimum atomic E-state index is -0.833. The topological polar surface area (TPSA) is 132 Å².